The first-order valence-electron chi connectivity index (χ1n) is 5.63. The van der Waals surface area contributed by atoms with Gasteiger partial charge < -0.3 is 20.7 Å². The Morgan fingerprint density at radius 1 is 1.19 bits per heavy atom. The van der Waals surface area contributed by atoms with Gasteiger partial charge in [-0.2, -0.15) is 0 Å². The van der Waals surface area contributed by atoms with Crippen molar-refractivity contribution < 1.29 is 24.5 Å². The first-order valence-corrected chi connectivity index (χ1v) is 5.63. The number of hydrogen-bond donors (Lipinski definition) is 3. The number of nitrogens with zero attached hydrogens (tertiary/aromatic N) is 2. The Bertz CT molecular complexity index is 669. The van der Waals surface area contributed by atoms with E-state index in [4.69, 9.17) is 20.7 Å². The number of methoxy groups -OCH3 is 1. The number of carbonyl (C=O) groups is 2. The summed E-state index contributed by atoms with van der Waals surface area (Å²) in [6, 6.07) is 5.31. The Balaban J connectivity index is 0.000000240. The molecule has 0 unspecified atom stereocenters. The third kappa shape index (κ3) is 5.15. The number of fused-ring (bicyclic) bond motifs is 1. The van der Waals surface area contributed by atoms with Crippen LogP contribution in [0.15, 0.2) is 36.5 Å². The number of carboxylic acid groups (broad SMARTS) is 2. The second-order valence-corrected chi connectivity index (χ2v) is 3.63. The lowest BCUT2D eigenvalue weighted by molar-refractivity contribution is -0.134. The summed E-state index contributed by atoms with van der Waals surface area (Å²) in [5, 5.41) is 15.6. The third-order valence-corrected chi connectivity index (χ3v) is 2.17. The van der Waals surface area contributed by atoms with Crippen molar-refractivity contribution in [2.75, 3.05) is 12.8 Å². The minimum absolute atomic E-state index is 0.548. The van der Waals surface area contributed by atoms with E-state index in [9.17, 15) is 9.59 Å². The van der Waals surface area contributed by atoms with E-state index in [0.717, 1.165) is 5.52 Å². The zero-order valence-electron chi connectivity index (χ0n) is 11.1. The number of nitrogen functional groups attached to an aromatic ring is 1. The molecule has 8 nitrogen and oxygen atoms in total. The largest absolute Gasteiger partial charge is 0.481 e. The van der Waals surface area contributed by atoms with Crippen molar-refractivity contribution in [3.8, 4) is 5.88 Å². The van der Waals surface area contributed by atoms with E-state index < -0.39 is 11.9 Å². The predicted octanol–water partition coefficient (Wildman–Crippen LogP) is 0.932. The summed E-state index contributed by atoms with van der Waals surface area (Å²) in [5.74, 6) is -1.97. The van der Waals surface area contributed by atoms with Gasteiger partial charge in [-0.1, -0.05) is 0 Å². The first-order chi connectivity index (χ1) is 9.93. The third-order valence-electron chi connectivity index (χ3n) is 2.17. The molecule has 0 saturated heterocycles. The van der Waals surface area contributed by atoms with Crippen LogP contribution in [-0.2, 0) is 9.59 Å². The molecule has 0 aliphatic rings. The van der Waals surface area contributed by atoms with Gasteiger partial charge in [0.25, 0.3) is 0 Å². The Morgan fingerprint density at radius 2 is 1.81 bits per heavy atom. The molecule has 2 heterocycles. The van der Waals surface area contributed by atoms with E-state index in [1.807, 2.05) is 6.07 Å². The summed E-state index contributed by atoms with van der Waals surface area (Å²) in [7, 11) is 1.57. The van der Waals surface area contributed by atoms with E-state index in [2.05, 4.69) is 9.97 Å². The van der Waals surface area contributed by atoms with Crippen LogP contribution in [0.2, 0.25) is 0 Å². The van der Waals surface area contributed by atoms with Gasteiger partial charge in [0.2, 0.25) is 5.88 Å². The minimum atomic E-state index is -1.26. The zero-order valence-corrected chi connectivity index (χ0v) is 11.1. The quantitative estimate of drug-likeness (QED) is 0.710. The summed E-state index contributed by atoms with van der Waals surface area (Å²) in [4.78, 5) is 27.4. The van der Waals surface area contributed by atoms with Crippen LogP contribution in [0.25, 0.3) is 11.0 Å². The van der Waals surface area contributed by atoms with Crippen LogP contribution in [-0.4, -0.2) is 39.2 Å². The molecule has 0 bridgehead atoms. The van der Waals surface area contributed by atoms with Crippen LogP contribution in [0, 0.1) is 0 Å². The molecule has 8 heteroatoms. The molecule has 0 aliphatic carbocycles. The molecule has 0 fully saturated rings. The Kier molecular flexibility index (Phi) is 5.63. The lowest BCUT2D eigenvalue weighted by atomic mass is 10.3. The molecule has 2 aromatic rings. The van der Waals surface area contributed by atoms with Crippen LogP contribution in [0.4, 0.5) is 5.69 Å². The summed E-state index contributed by atoms with van der Waals surface area (Å²) in [6.07, 6.45) is 2.77. The van der Waals surface area contributed by atoms with Crippen LogP contribution in [0.5, 0.6) is 5.88 Å². The number of carboxylic acids is 2. The molecule has 0 aromatic carbocycles. The summed E-state index contributed by atoms with van der Waals surface area (Å²) < 4.78 is 4.98. The van der Waals surface area contributed by atoms with Crippen molar-refractivity contribution in [1.82, 2.24) is 9.97 Å². The number of pyridine rings is 2. The Labute approximate surface area is 119 Å². The van der Waals surface area contributed by atoms with Crippen molar-refractivity contribution in [3.05, 3.63) is 36.5 Å². The topological polar surface area (TPSA) is 136 Å². The van der Waals surface area contributed by atoms with Gasteiger partial charge in [-0.25, -0.2) is 14.6 Å². The molecule has 4 N–H and O–H groups in total. The maximum atomic E-state index is 9.55. The van der Waals surface area contributed by atoms with Gasteiger partial charge in [0.1, 0.15) is 5.52 Å². The lowest BCUT2D eigenvalue weighted by Crippen LogP contribution is -1.93. The second kappa shape index (κ2) is 7.43. The number of anilines is 1. The highest BCUT2D eigenvalue weighted by Crippen LogP contribution is 2.19. The minimum Gasteiger partial charge on any atom is -0.481 e. The fourth-order valence-corrected chi connectivity index (χ4v) is 1.28. The van der Waals surface area contributed by atoms with Crippen molar-refractivity contribution in [2.45, 2.75) is 0 Å². The van der Waals surface area contributed by atoms with Crippen LogP contribution < -0.4 is 10.5 Å². The maximum absolute atomic E-state index is 9.55. The van der Waals surface area contributed by atoms with Crippen molar-refractivity contribution in [3.63, 3.8) is 0 Å². The van der Waals surface area contributed by atoms with Gasteiger partial charge in [-0.15, -0.1) is 0 Å². The molecule has 110 valence electrons. The molecular formula is C13H13N3O5. The molecule has 0 amide bonds. The molecule has 2 rings (SSSR count). The fraction of sp³-hybridized carbons (Fsp3) is 0.0769. The highest BCUT2D eigenvalue weighted by atomic mass is 16.5. The van der Waals surface area contributed by atoms with Gasteiger partial charge in [-0.3, -0.25) is 4.98 Å². The molecule has 21 heavy (non-hydrogen) atoms. The molecule has 0 radical (unpaired) electrons. The van der Waals surface area contributed by atoms with E-state index in [1.54, 1.807) is 25.4 Å². The predicted molar refractivity (Wildman–Crippen MR) is 74.9 cm³/mol. The number of ether oxygens (including phenoxy) is 1. The highest BCUT2D eigenvalue weighted by molar-refractivity contribution is 5.89. The highest BCUT2D eigenvalue weighted by Gasteiger charge is 2.01. The normalized spacial score (nSPS) is 9.95. The number of aliphatic carboxylic acids is 2. The average Bonchev–Trinajstić information content (AvgIpc) is 2.46. The molecule has 0 aliphatic heterocycles. The van der Waals surface area contributed by atoms with E-state index >= 15 is 0 Å². The summed E-state index contributed by atoms with van der Waals surface area (Å²) in [6.45, 7) is 0. The van der Waals surface area contributed by atoms with Crippen LogP contribution in [0.1, 0.15) is 0 Å². The number of hydrogen-bond acceptors (Lipinski definition) is 6. The van der Waals surface area contributed by atoms with Crippen molar-refractivity contribution >= 4 is 28.7 Å². The lowest BCUT2D eigenvalue weighted by Gasteiger charge is -2.02. The summed E-state index contributed by atoms with van der Waals surface area (Å²) in [5.41, 5.74) is 7.80. The van der Waals surface area contributed by atoms with Crippen molar-refractivity contribution in [2.24, 2.45) is 0 Å². The first kappa shape index (κ1) is 15.9. The van der Waals surface area contributed by atoms with Crippen molar-refractivity contribution in [1.29, 1.82) is 0 Å². The number of nitrogens with two attached hydrogens (primary N) is 1. The molecule has 0 saturated carbocycles. The van der Waals surface area contributed by atoms with Gasteiger partial charge in [0, 0.05) is 24.4 Å². The smallest absolute Gasteiger partial charge is 0.328 e. The van der Waals surface area contributed by atoms with E-state index in [-0.39, 0.29) is 0 Å². The van der Waals surface area contributed by atoms with Gasteiger partial charge in [0.15, 0.2) is 0 Å². The fourth-order valence-electron chi connectivity index (χ4n) is 1.28. The average molecular weight is 291 g/mol. The monoisotopic (exact) mass is 291 g/mol. The standard InChI is InChI=1S/C9H9N3O.C4H4O4/c1-13-8-3-2-7-9(12-8)6(10)4-5-11-7;5-3(6)1-2-4(7)8/h2-5H,1H3,(H2,10,11);1-2H,(H,5,6)(H,7,8). The Morgan fingerprint density at radius 3 is 2.33 bits per heavy atom. The molecule has 0 spiro atoms. The molecule has 2 aromatic heterocycles. The summed E-state index contributed by atoms with van der Waals surface area (Å²) >= 11 is 0. The SMILES string of the molecule is COc1ccc2nccc(N)c2n1.O=C(O)C=CC(=O)O. The van der Waals surface area contributed by atoms with Gasteiger partial charge >= 0.3 is 11.9 Å². The molecule has 0 atom stereocenters. The van der Waals surface area contributed by atoms with Crippen LogP contribution >= 0.6 is 0 Å². The van der Waals surface area contributed by atoms with E-state index in [0.29, 0.717) is 29.2 Å². The van der Waals surface area contributed by atoms with Gasteiger partial charge in [-0.05, 0) is 12.1 Å². The van der Waals surface area contributed by atoms with E-state index in [1.165, 1.54) is 0 Å². The maximum Gasteiger partial charge on any atom is 0.328 e. The molecular weight excluding hydrogens is 278 g/mol. The Hall–Kier alpha value is -3.16. The second-order valence-electron chi connectivity index (χ2n) is 3.63. The number of aromatic nitrogens is 2. The van der Waals surface area contributed by atoms with Gasteiger partial charge in [0.05, 0.1) is 18.3 Å². The zero-order chi connectivity index (χ0) is 15.8. The van der Waals surface area contributed by atoms with Crippen LogP contribution in [0.3, 0.4) is 0 Å². The number of rotatable bonds is 3.